The maximum Gasteiger partial charge on any atom is 0.191 e. The number of rotatable bonds is 10. The van der Waals surface area contributed by atoms with E-state index in [1.54, 1.807) is 21.3 Å². The van der Waals surface area contributed by atoms with Crippen molar-refractivity contribution in [1.29, 1.82) is 0 Å². The van der Waals surface area contributed by atoms with Gasteiger partial charge in [-0.1, -0.05) is 0 Å². The number of hydrogen-bond donors (Lipinski definition) is 2. The molecule has 0 fully saturated rings. The van der Waals surface area contributed by atoms with Crippen LogP contribution in [0.2, 0.25) is 0 Å². The molecule has 0 saturated heterocycles. The van der Waals surface area contributed by atoms with Gasteiger partial charge >= 0.3 is 0 Å². The molecule has 1 rings (SSSR count). The lowest BCUT2D eigenvalue weighted by atomic mass is 10.1. The summed E-state index contributed by atoms with van der Waals surface area (Å²) in [5.74, 6) is 1.63. The Hall–Kier alpha value is -1.86. The summed E-state index contributed by atoms with van der Waals surface area (Å²) < 4.78 is 15.8. The zero-order valence-corrected chi connectivity index (χ0v) is 15.4. The number of nitrogens with one attached hydrogen (secondary N) is 2. The van der Waals surface area contributed by atoms with Gasteiger partial charge in [0.25, 0.3) is 0 Å². The molecule has 2 N–H and O–H groups in total. The zero-order valence-electron chi connectivity index (χ0n) is 15.4. The highest BCUT2D eigenvalue weighted by molar-refractivity contribution is 5.79. The van der Waals surface area contributed by atoms with Crippen LogP contribution in [0.4, 0.5) is 0 Å². The molecule has 1 heterocycles. The number of aromatic nitrogens is 1. The second-order valence-electron chi connectivity index (χ2n) is 5.36. The quantitative estimate of drug-likeness (QED) is 0.382. The maximum absolute atomic E-state index is 5.43. The number of pyridine rings is 1. The number of aliphatic imine (C=N–C) groups is 1. The molecule has 0 spiro atoms. The van der Waals surface area contributed by atoms with Gasteiger partial charge in [0.05, 0.1) is 32.6 Å². The van der Waals surface area contributed by atoms with Gasteiger partial charge in [0.2, 0.25) is 0 Å². The van der Waals surface area contributed by atoms with Gasteiger partial charge in [-0.3, -0.25) is 9.98 Å². The zero-order chi connectivity index (χ0) is 17.8. The third kappa shape index (κ3) is 6.72. The van der Waals surface area contributed by atoms with Crippen LogP contribution in [0.1, 0.15) is 23.2 Å². The summed E-state index contributed by atoms with van der Waals surface area (Å²) in [4.78, 5) is 8.69. The van der Waals surface area contributed by atoms with Crippen molar-refractivity contribution in [3.05, 3.63) is 23.0 Å². The van der Waals surface area contributed by atoms with Crippen molar-refractivity contribution >= 4 is 5.96 Å². The Labute approximate surface area is 144 Å². The average Bonchev–Trinajstić information content (AvgIpc) is 2.58. The number of aryl methyl sites for hydroxylation is 1. The van der Waals surface area contributed by atoms with Crippen LogP contribution < -0.4 is 15.4 Å². The molecule has 1 aromatic rings. The third-order valence-electron chi connectivity index (χ3n) is 3.59. The van der Waals surface area contributed by atoms with Gasteiger partial charge in [0.15, 0.2) is 5.96 Å². The van der Waals surface area contributed by atoms with E-state index in [1.165, 1.54) is 0 Å². The SMILES string of the molecule is CN=C(NCCCOCCOC)NCc1ncc(C)c(OC)c1C. The second kappa shape index (κ2) is 11.6. The molecule has 0 radical (unpaired) electrons. The molecule has 0 atom stereocenters. The van der Waals surface area contributed by atoms with E-state index < -0.39 is 0 Å². The monoisotopic (exact) mass is 338 g/mol. The Morgan fingerprint density at radius 3 is 2.62 bits per heavy atom. The van der Waals surface area contributed by atoms with Crippen LogP contribution in [0, 0.1) is 13.8 Å². The normalized spacial score (nSPS) is 11.5. The highest BCUT2D eigenvalue weighted by Crippen LogP contribution is 2.23. The second-order valence-corrected chi connectivity index (χ2v) is 5.36. The minimum absolute atomic E-state index is 0.590. The molecule has 7 heteroatoms. The van der Waals surface area contributed by atoms with Crippen LogP contribution >= 0.6 is 0 Å². The van der Waals surface area contributed by atoms with Gasteiger partial charge in [-0.05, 0) is 20.3 Å². The molecule has 0 saturated carbocycles. The number of hydrogen-bond acceptors (Lipinski definition) is 5. The summed E-state index contributed by atoms with van der Waals surface area (Å²) in [6.45, 7) is 7.34. The van der Waals surface area contributed by atoms with Crippen molar-refractivity contribution in [2.45, 2.75) is 26.8 Å². The molecule has 0 aliphatic heterocycles. The molecule has 0 amide bonds. The van der Waals surface area contributed by atoms with Crippen molar-refractivity contribution in [1.82, 2.24) is 15.6 Å². The van der Waals surface area contributed by atoms with Crippen LogP contribution in [0.25, 0.3) is 0 Å². The van der Waals surface area contributed by atoms with Crippen molar-refractivity contribution < 1.29 is 14.2 Å². The lowest BCUT2D eigenvalue weighted by Crippen LogP contribution is -2.38. The van der Waals surface area contributed by atoms with Crippen LogP contribution in [-0.2, 0) is 16.0 Å². The van der Waals surface area contributed by atoms with E-state index in [4.69, 9.17) is 14.2 Å². The highest BCUT2D eigenvalue weighted by atomic mass is 16.5. The molecule has 136 valence electrons. The van der Waals surface area contributed by atoms with Crippen LogP contribution in [-0.4, -0.2) is 58.6 Å². The molecule has 0 aromatic carbocycles. The summed E-state index contributed by atoms with van der Waals surface area (Å²) in [6, 6.07) is 0. The fourth-order valence-corrected chi connectivity index (χ4v) is 2.26. The van der Waals surface area contributed by atoms with E-state index in [1.807, 2.05) is 20.0 Å². The van der Waals surface area contributed by atoms with Crippen molar-refractivity contribution in [3.63, 3.8) is 0 Å². The van der Waals surface area contributed by atoms with E-state index in [-0.39, 0.29) is 0 Å². The largest absolute Gasteiger partial charge is 0.496 e. The van der Waals surface area contributed by atoms with Gasteiger partial charge in [0.1, 0.15) is 5.75 Å². The minimum Gasteiger partial charge on any atom is -0.496 e. The minimum atomic E-state index is 0.590. The van der Waals surface area contributed by atoms with Crippen LogP contribution in [0.3, 0.4) is 0 Å². The third-order valence-corrected chi connectivity index (χ3v) is 3.59. The molecule has 24 heavy (non-hydrogen) atoms. The Bertz CT molecular complexity index is 521. The van der Waals surface area contributed by atoms with Gasteiger partial charge in [0, 0.05) is 44.6 Å². The van der Waals surface area contributed by atoms with E-state index in [0.29, 0.717) is 26.4 Å². The molecule has 1 aromatic heterocycles. The summed E-state index contributed by atoms with van der Waals surface area (Å²) >= 11 is 0. The topological polar surface area (TPSA) is 77.0 Å². The number of guanidine groups is 1. The Balaban J connectivity index is 2.37. The van der Waals surface area contributed by atoms with Crippen molar-refractivity contribution in [2.75, 3.05) is 47.6 Å². The number of ether oxygens (including phenoxy) is 3. The first-order valence-corrected chi connectivity index (χ1v) is 8.14. The number of methoxy groups -OCH3 is 2. The fraction of sp³-hybridized carbons (Fsp3) is 0.647. The first kappa shape index (κ1) is 20.2. The van der Waals surface area contributed by atoms with Crippen molar-refractivity contribution in [2.24, 2.45) is 4.99 Å². The van der Waals surface area contributed by atoms with Gasteiger partial charge in [-0.2, -0.15) is 0 Å². The molecule has 0 aliphatic rings. The van der Waals surface area contributed by atoms with Gasteiger partial charge in [-0.25, -0.2) is 0 Å². The molecule has 7 nitrogen and oxygen atoms in total. The van der Waals surface area contributed by atoms with E-state index >= 15 is 0 Å². The standard InChI is InChI=1S/C17H30N4O3/c1-13-11-20-15(14(2)16(13)23-5)12-21-17(18-3)19-7-6-8-24-10-9-22-4/h11H,6-10,12H2,1-5H3,(H2,18,19,21). The fourth-order valence-electron chi connectivity index (χ4n) is 2.26. The van der Waals surface area contributed by atoms with E-state index in [2.05, 4.69) is 20.6 Å². The molecule has 0 aliphatic carbocycles. The van der Waals surface area contributed by atoms with Crippen LogP contribution in [0.15, 0.2) is 11.2 Å². The summed E-state index contributed by atoms with van der Waals surface area (Å²) in [5, 5.41) is 6.53. The highest BCUT2D eigenvalue weighted by Gasteiger charge is 2.09. The predicted octanol–water partition coefficient (Wildman–Crippen LogP) is 1.43. The van der Waals surface area contributed by atoms with E-state index in [0.717, 1.165) is 41.5 Å². The summed E-state index contributed by atoms with van der Waals surface area (Å²) in [6.07, 6.45) is 2.73. The Morgan fingerprint density at radius 1 is 1.17 bits per heavy atom. The van der Waals surface area contributed by atoms with Gasteiger partial charge in [-0.15, -0.1) is 0 Å². The molecular weight excluding hydrogens is 308 g/mol. The molecule has 0 unspecified atom stereocenters. The molecule has 0 bridgehead atoms. The smallest absolute Gasteiger partial charge is 0.191 e. The summed E-state index contributed by atoms with van der Waals surface area (Å²) in [5.41, 5.74) is 3.03. The predicted molar refractivity (Wildman–Crippen MR) is 95.8 cm³/mol. The van der Waals surface area contributed by atoms with Crippen LogP contribution in [0.5, 0.6) is 5.75 Å². The number of nitrogens with zero attached hydrogens (tertiary/aromatic N) is 2. The first-order chi connectivity index (χ1) is 11.6. The Kier molecular flexibility index (Phi) is 9.79. The lowest BCUT2D eigenvalue weighted by molar-refractivity contribution is 0.0698. The average molecular weight is 338 g/mol. The molecular formula is C17H30N4O3. The maximum atomic E-state index is 5.43. The summed E-state index contributed by atoms with van der Waals surface area (Å²) in [7, 11) is 5.10. The first-order valence-electron chi connectivity index (χ1n) is 8.14. The van der Waals surface area contributed by atoms with Crippen molar-refractivity contribution in [3.8, 4) is 5.75 Å². The van der Waals surface area contributed by atoms with E-state index in [9.17, 15) is 0 Å². The lowest BCUT2D eigenvalue weighted by Gasteiger charge is -2.15. The Morgan fingerprint density at radius 2 is 1.96 bits per heavy atom. The van der Waals surface area contributed by atoms with Gasteiger partial charge < -0.3 is 24.8 Å².